The Morgan fingerprint density at radius 2 is 1.77 bits per heavy atom. The molecule has 1 amide bonds. The Kier molecular flexibility index (Phi) is 4.91. The lowest BCUT2D eigenvalue weighted by atomic mass is 10.2. The number of hydrogen-bond acceptors (Lipinski definition) is 6. The summed E-state index contributed by atoms with van der Waals surface area (Å²) < 4.78 is 23.0. The van der Waals surface area contributed by atoms with Crippen LogP contribution in [0.3, 0.4) is 0 Å². The molecule has 0 aliphatic carbocycles. The van der Waals surface area contributed by atoms with E-state index in [0.717, 1.165) is 12.1 Å². The fourth-order valence-corrected chi connectivity index (χ4v) is 3.46. The van der Waals surface area contributed by atoms with Gasteiger partial charge < -0.3 is 9.80 Å². The molecule has 7 nitrogen and oxygen atoms in total. The molecule has 1 fully saturated rings. The lowest BCUT2D eigenvalue weighted by molar-refractivity contribution is 0.0746. The fourth-order valence-electron chi connectivity index (χ4n) is 2.83. The second kappa shape index (κ2) is 7.14. The van der Waals surface area contributed by atoms with E-state index in [4.69, 9.17) is 5.26 Å². The first-order valence-corrected chi connectivity index (χ1v) is 9.98. The van der Waals surface area contributed by atoms with Gasteiger partial charge in [0.15, 0.2) is 9.84 Å². The van der Waals surface area contributed by atoms with Crippen molar-refractivity contribution in [3.05, 3.63) is 53.7 Å². The Balaban J connectivity index is 1.66. The minimum Gasteiger partial charge on any atom is -0.353 e. The number of rotatable bonds is 3. The summed E-state index contributed by atoms with van der Waals surface area (Å²) in [7, 11) is -3.28. The molecule has 2 aromatic rings. The van der Waals surface area contributed by atoms with Crippen molar-refractivity contribution >= 4 is 21.6 Å². The zero-order valence-electron chi connectivity index (χ0n) is 14.3. The van der Waals surface area contributed by atoms with Crippen LogP contribution >= 0.6 is 0 Å². The normalized spacial score (nSPS) is 14.8. The molecule has 1 aliphatic heterocycles. The lowest BCUT2D eigenvalue weighted by Crippen LogP contribution is -2.49. The summed E-state index contributed by atoms with van der Waals surface area (Å²) in [6.45, 7) is 2.31. The van der Waals surface area contributed by atoms with Crippen molar-refractivity contribution in [2.24, 2.45) is 0 Å². The van der Waals surface area contributed by atoms with Gasteiger partial charge in [-0.2, -0.15) is 5.26 Å². The molecule has 26 heavy (non-hydrogen) atoms. The Morgan fingerprint density at radius 1 is 1.12 bits per heavy atom. The molecule has 1 aromatic heterocycles. The summed E-state index contributed by atoms with van der Waals surface area (Å²) in [6, 6.07) is 11.5. The van der Waals surface area contributed by atoms with Crippen molar-refractivity contribution < 1.29 is 13.2 Å². The SMILES string of the molecule is CS(=O)(=O)c1ccc(C(=O)N2CCN(c3cc(C#N)ccn3)CC2)cc1. The van der Waals surface area contributed by atoms with Crippen LogP contribution in [0.15, 0.2) is 47.5 Å². The highest BCUT2D eigenvalue weighted by molar-refractivity contribution is 7.90. The van der Waals surface area contributed by atoms with Crippen LogP contribution in [0.4, 0.5) is 5.82 Å². The number of nitrogens with zero attached hydrogens (tertiary/aromatic N) is 4. The van der Waals surface area contributed by atoms with Crippen LogP contribution in [0.25, 0.3) is 0 Å². The number of nitriles is 1. The van der Waals surface area contributed by atoms with Gasteiger partial charge in [0, 0.05) is 44.2 Å². The Labute approximate surface area is 152 Å². The largest absolute Gasteiger partial charge is 0.353 e. The van der Waals surface area contributed by atoms with Crippen LogP contribution in [0.1, 0.15) is 15.9 Å². The minimum absolute atomic E-state index is 0.122. The first-order valence-electron chi connectivity index (χ1n) is 8.09. The highest BCUT2D eigenvalue weighted by Gasteiger charge is 2.23. The molecule has 0 bridgehead atoms. The quantitative estimate of drug-likeness (QED) is 0.809. The summed E-state index contributed by atoms with van der Waals surface area (Å²) in [5, 5.41) is 8.98. The molecule has 1 saturated heterocycles. The van der Waals surface area contributed by atoms with Gasteiger partial charge in [-0.15, -0.1) is 0 Å². The molecule has 2 heterocycles. The highest BCUT2D eigenvalue weighted by atomic mass is 32.2. The predicted molar refractivity (Wildman–Crippen MR) is 96.6 cm³/mol. The third-order valence-corrected chi connectivity index (χ3v) is 5.42. The number of anilines is 1. The van der Waals surface area contributed by atoms with E-state index in [-0.39, 0.29) is 10.8 Å². The zero-order chi connectivity index (χ0) is 18.7. The van der Waals surface area contributed by atoms with E-state index in [1.165, 1.54) is 12.1 Å². The van der Waals surface area contributed by atoms with Crippen molar-refractivity contribution in [2.75, 3.05) is 37.3 Å². The smallest absolute Gasteiger partial charge is 0.253 e. The second-order valence-electron chi connectivity index (χ2n) is 6.09. The van der Waals surface area contributed by atoms with Gasteiger partial charge in [0.05, 0.1) is 16.5 Å². The van der Waals surface area contributed by atoms with Gasteiger partial charge in [0.1, 0.15) is 5.82 Å². The molecule has 8 heteroatoms. The van der Waals surface area contributed by atoms with Crippen LogP contribution < -0.4 is 4.90 Å². The zero-order valence-corrected chi connectivity index (χ0v) is 15.1. The standard InChI is InChI=1S/C18H18N4O3S/c1-26(24,25)16-4-2-15(3-5-16)18(23)22-10-8-21(9-11-22)17-12-14(13-19)6-7-20-17/h2-7,12H,8-11H2,1H3. The number of amides is 1. The number of aromatic nitrogens is 1. The van der Waals surface area contributed by atoms with Gasteiger partial charge in [0.2, 0.25) is 0 Å². The van der Waals surface area contributed by atoms with Gasteiger partial charge >= 0.3 is 0 Å². The summed E-state index contributed by atoms with van der Waals surface area (Å²) in [4.78, 5) is 20.9. The van der Waals surface area contributed by atoms with Gasteiger partial charge in [-0.05, 0) is 36.4 Å². The lowest BCUT2D eigenvalue weighted by Gasteiger charge is -2.35. The molecule has 134 valence electrons. The molecule has 1 aliphatic rings. The van der Waals surface area contributed by atoms with Crippen LogP contribution in [0.5, 0.6) is 0 Å². The molecule has 0 saturated carbocycles. The van der Waals surface area contributed by atoms with E-state index < -0.39 is 9.84 Å². The van der Waals surface area contributed by atoms with Gasteiger partial charge in [-0.25, -0.2) is 13.4 Å². The van der Waals surface area contributed by atoms with Crippen molar-refractivity contribution in [1.82, 2.24) is 9.88 Å². The second-order valence-corrected chi connectivity index (χ2v) is 8.11. The number of hydrogen-bond donors (Lipinski definition) is 0. The van der Waals surface area contributed by atoms with E-state index in [0.29, 0.717) is 37.3 Å². The van der Waals surface area contributed by atoms with Crippen LogP contribution in [-0.2, 0) is 9.84 Å². The van der Waals surface area contributed by atoms with E-state index in [9.17, 15) is 13.2 Å². The summed E-state index contributed by atoms with van der Waals surface area (Å²) in [6.07, 6.45) is 2.74. The fraction of sp³-hybridized carbons (Fsp3) is 0.278. The molecule has 0 radical (unpaired) electrons. The van der Waals surface area contributed by atoms with Crippen LogP contribution in [0.2, 0.25) is 0 Å². The average Bonchev–Trinajstić information content (AvgIpc) is 2.67. The summed E-state index contributed by atoms with van der Waals surface area (Å²) >= 11 is 0. The molecule has 0 N–H and O–H groups in total. The van der Waals surface area contributed by atoms with Crippen molar-refractivity contribution in [3.63, 3.8) is 0 Å². The van der Waals surface area contributed by atoms with Gasteiger partial charge in [0.25, 0.3) is 5.91 Å². The van der Waals surface area contributed by atoms with E-state index in [1.54, 1.807) is 35.4 Å². The molecule has 0 atom stereocenters. The monoisotopic (exact) mass is 370 g/mol. The number of pyridine rings is 1. The van der Waals surface area contributed by atoms with E-state index in [1.807, 2.05) is 4.90 Å². The maximum Gasteiger partial charge on any atom is 0.253 e. The minimum atomic E-state index is -3.28. The third-order valence-electron chi connectivity index (χ3n) is 4.29. The molecule has 3 rings (SSSR count). The maximum absolute atomic E-state index is 12.6. The average molecular weight is 370 g/mol. The van der Waals surface area contributed by atoms with Crippen LogP contribution in [0, 0.1) is 11.3 Å². The van der Waals surface area contributed by atoms with Crippen molar-refractivity contribution in [1.29, 1.82) is 5.26 Å². The Hall–Kier alpha value is -2.92. The van der Waals surface area contributed by atoms with Gasteiger partial charge in [-0.3, -0.25) is 4.79 Å². The molecule has 0 spiro atoms. The summed E-state index contributed by atoms with van der Waals surface area (Å²) in [5.41, 5.74) is 1.02. The third kappa shape index (κ3) is 3.83. The molecule has 0 unspecified atom stereocenters. The molecular formula is C18H18N4O3S. The number of carbonyl (C=O) groups is 1. The van der Waals surface area contributed by atoms with Gasteiger partial charge in [-0.1, -0.05) is 0 Å². The number of sulfone groups is 1. The van der Waals surface area contributed by atoms with E-state index >= 15 is 0 Å². The Morgan fingerprint density at radius 3 is 2.35 bits per heavy atom. The number of carbonyl (C=O) groups excluding carboxylic acids is 1. The molecular weight excluding hydrogens is 352 g/mol. The number of benzene rings is 1. The topological polar surface area (TPSA) is 94.4 Å². The first-order chi connectivity index (χ1) is 12.4. The number of piperazine rings is 1. The van der Waals surface area contributed by atoms with Crippen molar-refractivity contribution in [2.45, 2.75) is 4.90 Å². The first kappa shape index (κ1) is 17.9. The Bertz CT molecular complexity index is 957. The van der Waals surface area contributed by atoms with E-state index in [2.05, 4.69) is 11.1 Å². The highest BCUT2D eigenvalue weighted by Crippen LogP contribution is 2.17. The maximum atomic E-state index is 12.6. The van der Waals surface area contributed by atoms with Crippen LogP contribution in [-0.4, -0.2) is 56.6 Å². The molecule has 1 aromatic carbocycles. The predicted octanol–water partition coefficient (Wildman–Crippen LogP) is 1.32. The summed E-state index contributed by atoms with van der Waals surface area (Å²) in [5.74, 6) is 0.608. The van der Waals surface area contributed by atoms with Crippen molar-refractivity contribution in [3.8, 4) is 6.07 Å².